The van der Waals surface area contributed by atoms with Crippen molar-refractivity contribution in [3.8, 4) is 5.75 Å². The van der Waals surface area contributed by atoms with E-state index in [2.05, 4.69) is 24.1 Å². The predicted octanol–water partition coefficient (Wildman–Crippen LogP) is 2.93. The zero-order chi connectivity index (χ0) is 13.1. The van der Waals surface area contributed by atoms with Gasteiger partial charge in [-0.25, -0.2) is 0 Å². The molecule has 0 bridgehead atoms. The normalized spacial score (nSPS) is 19.6. The molecule has 1 fully saturated rings. The number of nitrogens with one attached hydrogen (secondary N) is 1. The summed E-state index contributed by atoms with van der Waals surface area (Å²) in [4.78, 5) is 2.34. The Labute approximate surface area is 114 Å². The van der Waals surface area contributed by atoms with E-state index in [-0.39, 0.29) is 0 Å². The lowest BCUT2D eigenvalue weighted by atomic mass is 10.2. The molecule has 1 N–H and O–H groups in total. The monoisotopic (exact) mass is 268 g/mol. The minimum Gasteiger partial charge on any atom is -0.495 e. The molecule has 2 rings (SSSR count). The molecule has 0 spiro atoms. The molecule has 0 amide bonds. The van der Waals surface area contributed by atoms with E-state index in [0.717, 1.165) is 36.0 Å². The van der Waals surface area contributed by atoms with Gasteiger partial charge in [-0.2, -0.15) is 0 Å². The number of hydrogen-bond donors (Lipinski definition) is 1. The lowest BCUT2D eigenvalue weighted by molar-refractivity contribution is 0.414. The Morgan fingerprint density at radius 1 is 1.44 bits per heavy atom. The topological polar surface area (TPSA) is 24.5 Å². The molecule has 100 valence electrons. The number of halogens is 1. The first-order chi connectivity index (χ1) is 8.60. The number of rotatable bonds is 4. The van der Waals surface area contributed by atoms with E-state index in [9.17, 15) is 0 Å². The average molecular weight is 269 g/mol. The molecule has 1 saturated heterocycles. The summed E-state index contributed by atoms with van der Waals surface area (Å²) in [5, 5.41) is 4.33. The number of anilines is 1. The van der Waals surface area contributed by atoms with E-state index in [1.165, 1.54) is 0 Å². The predicted molar refractivity (Wildman–Crippen MR) is 76.9 cm³/mol. The number of hydrogen-bond acceptors (Lipinski definition) is 3. The van der Waals surface area contributed by atoms with Crippen LogP contribution < -0.4 is 15.0 Å². The summed E-state index contributed by atoms with van der Waals surface area (Å²) in [5.74, 6) is 0.893. The summed E-state index contributed by atoms with van der Waals surface area (Å²) >= 11 is 6.08. The van der Waals surface area contributed by atoms with Crippen LogP contribution in [0.4, 0.5) is 5.69 Å². The maximum atomic E-state index is 6.08. The fourth-order valence-electron chi connectivity index (χ4n) is 2.50. The SMILES string of the molecule is COc1ccc(Cl)cc1N1CCC(NC(C)C)C1. The first kappa shape index (κ1) is 13.5. The highest BCUT2D eigenvalue weighted by Crippen LogP contribution is 2.33. The Morgan fingerprint density at radius 2 is 2.22 bits per heavy atom. The zero-order valence-corrected chi connectivity index (χ0v) is 12.0. The van der Waals surface area contributed by atoms with Crippen LogP contribution in [0.5, 0.6) is 5.75 Å². The molecule has 1 atom stereocenters. The molecule has 3 nitrogen and oxygen atoms in total. The highest BCUT2D eigenvalue weighted by Gasteiger charge is 2.24. The highest BCUT2D eigenvalue weighted by molar-refractivity contribution is 6.30. The number of methoxy groups -OCH3 is 1. The smallest absolute Gasteiger partial charge is 0.142 e. The van der Waals surface area contributed by atoms with Gasteiger partial charge in [-0.05, 0) is 24.6 Å². The van der Waals surface area contributed by atoms with Crippen LogP contribution >= 0.6 is 11.6 Å². The second-order valence-corrected chi connectivity index (χ2v) is 5.51. The summed E-state index contributed by atoms with van der Waals surface area (Å²) in [5.41, 5.74) is 1.10. The van der Waals surface area contributed by atoms with Gasteiger partial charge in [-0.3, -0.25) is 0 Å². The van der Waals surface area contributed by atoms with Crippen molar-refractivity contribution in [3.05, 3.63) is 23.2 Å². The quantitative estimate of drug-likeness (QED) is 0.909. The van der Waals surface area contributed by atoms with Gasteiger partial charge in [0.2, 0.25) is 0 Å². The molecule has 18 heavy (non-hydrogen) atoms. The van der Waals surface area contributed by atoms with Crippen LogP contribution in [0.3, 0.4) is 0 Å². The van der Waals surface area contributed by atoms with Crippen molar-refractivity contribution in [2.24, 2.45) is 0 Å². The van der Waals surface area contributed by atoms with E-state index >= 15 is 0 Å². The summed E-state index contributed by atoms with van der Waals surface area (Å²) in [6.45, 7) is 6.42. The molecule has 0 aliphatic carbocycles. The third kappa shape index (κ3) is 3.09. The Balaban J connectivity index is 2.11. The Bertz CT molecular complexity index is 409. The summed E-state index contributed by atoms with van der Waals surface area (Å²) < 4.78 is 5.41. The second-order valence-electron chi connectivity index (χ2n) is 5.07. The largest absolute Gasteiger partial charge is 0.495 e. The van der Waals surface area contributed by atoms with Crippen molar-refractivity contribution >= 4 is 17.3 Å². The Kier molecular flexibility index (Phi) is 4.36. The molecule has 4 heteroatoms. The van der Waals surface area contributed by atoms with Crippen LogP contribution in [-0.4, -0.2) is 32.3 Å². The lowest BCUT2D eigenvalue weighted by Crippen LogP contribution is -2.37. The van der Waals surface area contributed by atoms with Crippen molar-refractivity contribution in [2.45, 2.75) is 32.4 Å². The van der Waals surface area contributed by atoms with E-state index in [1.807, 2.05) is 18.2 Å². The minimum absolute atomic E-state index is 0.524. The number of benzene rings is 1. The molecule has 1 aliphatic rings. The van der Waals surface area contributed by atoms with Crippen molar-refractivity contribution in [1.82, 2.24) is 5.32 Å². The van der Waals surface area contributed by atoms with Crippen LogP contribution in [0.2, 0.25) is 5.02 Å². The van der Waals surface area contributed by atoms with Gasteiger partial charge in [-0.15, -0.1) is 0 Å². The molecular formula is C14H21ClN2O. The molecule has 1 aromatic rings. The Morgan fingerprint density at radius 3 is 2.89 bits per heavy atom. The third-order valence-electron chi connectivity index (χ3n) is 3.24. The van der Waals surface area contributed by atoms with Crippen molar-refractivity contribution in [3.63, 3.8) is 0 Å². The van der Waals surface area contributed by atoms with Crippen LogP contribution in [0.1, 0.15) is 20.3 Å². The van der Waals surface area contributed by atoms with E-state index in [1.54, 1.807) is 7.11 Å². The van der Waals surface area contributed by atoms with Gasteiger partial charge < -0.3 is 15.0 Å². The van der Waals surface area contributed by atoms with Crippen LogP contribution in [0.25, 0.3) is 0 Å². The Hall–Kier alpha value is -0.930. The van der Waals surface area contributed by atoms with E-state index in [4.69, 9.17) is 16.3 Å². The molecule has 1 unspecified atom stereocenters. The summed E-state index contributed by atoms with van der Waals surface area (Å²) in [6.07, 6.45) is 1.16. The van der Waals surface area contributed by atoms with Gasteiger partial charge in [0.25, 0.3) is 0 Å². The first-order valence-corrected chi connectivity index (χ1v) is 6.82. The van der Waals surface area contributed by atoms with Crippen molar-refractivity contribution in [1.29, 1.82) is 0 Å². The zero-order valence-electron chi connectivity index (χ0n) is 11.2. The van der Waals surface area contributed by atoms with Crippen LogP contribution in [0.15, 0.2) is 18.2 Å². The number of ether oxygens (including phenoxy) is 1. The van der Waals surface area contributed by atoms with Gasteiger partial charge in [0.15, 0.2) is 0 Å². The molecule has 1 aromatic carbocycles. The van der Waals surface area contributed by atoms with Crippen LogP contribution in [0, 0.1) is 0 Å². The van der Waals surface area contributed by atoms with Crippen molar-refractivity contribution in [2.75, 3.05) is 25.1 Å². The fraction of sp³-hybridized carbons (Fsp3) is 0.571. The van der Waals surface area contributed by atoms with Crippen LogP contribution in [-0.2, 0) is 0 Å². The van der Waals surface area contributed by atoms with E-state index in [0.29, 0.717) is 12.1 Å². The molecule has 0 radical (unpaired) electrons. The van der Waals surface area contributed by atoms with Gasteiger partial charge >= 0.3 is 0 Å². The van der Waals surface area contributed by atoms with Crippen molar-refractivity contribution < 1.29 is 4.74 Å². The minimum atomic E-state index is 0.524. The first-order valence-electron chi connectivity index (χ1n) is 6.44. The molecule has 0 aromatic heterocycles. The maximum absolute atomic E-state index is 6.08. The van der Waals surface area contributed by atoms with E-state index < -0.39 is 0 Å². The lowest BCUT2D eigenvalue weighted by Gasteiger charge is -2.22. The fourth-order valence-corrected chi connectivity index (χ4v) is 2.66. The second kappa shape index (κ2) is 5.81. The summed E-state index contributed by atoms with van der Waals surface area (Å²) in [6, 6.07) is 6.85. The van der Waals surface area contributed by atoms with Gasteiger partial charge in [0, 0.05) is 30.2 Å². The average Bonchev–Trinajstić information content (AvgIpc) is 2.76. The van der Waals surface area contributed by atoms with Gasteiger partial charge in [-0.1, -0.05) is 25.4 Å². The number of nitrogens with zero attached hydrogens (tertiary/aromatic N) is 1. The molecular weight excluding hydrogens is 248 g/mol. The van der Waals surface area contributed by atoms with Gasteiger partial charge in [0.1, 0.15) is 5.75 Å². The molecule has 1 heterocycles. The maximum Gasteiger partial charge on any atom is 0.142 e. The highest BCUT2D eigenvalue weighted by atomic mass is 35.5. The standard InChI is InChI=1S/C14H21ClN2O/c1-10(2)16-12-6-7-17(9-12)13-8-11(15)4-5-14(13)18-3/h4-5,8,10,12,16H,6-7,9H2,1-3H3. The summed E-state index contributed by atoms with van der Waals surface area (Å²) in [7, 11) is 1.70. The molecule has 1 aliphatic heterocycles. The third-order valence-corrected chi connectivity index (χ3v) is 3.47. The van der Waals surface area contributed by atoms with Gasteiger partial charge in [0.05, 0.1) is 12.8 Å². The molecule has 0 saturated carbocycles.